The van der Waals surface area contributed by atoms with Gasteiger partial charge in [-0.2, -0.15) is 0 Å². The number of piperazine rings is 1. The number of nitrogens with zero attached hydrogens (tertiary/aromatic N) is 2. The van der Waals surface area contributed by atoms with Gasteiger partial charge in [-0.1, -0.05) is 0 Å². The van der Waals surface area contributed by atoms with E-state index < -0.39 is 11.9 Å². The lowest BCUT2D eigenvalue weighted by atomic mass is 10.2. The quantitative estimate of drug-likeness (QED) is 0.437. The Morgan fingerprint density at radius 1 is 1.03 bits per heavy atom. The minimum absolute atomic E-state index is 0.0230. The monoisotopic (exact) mass is 450 g/mol. The van der Waals surface area contributed by atoms with Crippen LogP contribution in [0.4, 0.5) is 5.69 Å². The average molecular weight is 450 g/mol. The summed E-state index contributed by atoms with van der Waals surface area (Å²) >= 11 is 0. The molecular formula is C21H30N4O7. The first-order valence-electron chi connectivity index (χ1n) is 10.4. The molecule has 0 saturated carbocycles. The predicted octanol–water partition coefficient (Wildman–Crippen LogP) is -0.0631. The second kappa shape index (κ2) is 12.7. The fourth-order valence-electron chi connectivity index (χ4n) is 3.23. The van der Waals surface area contributed by atoms with Crippen molar-refractivity contribution in [1.29, 1.82) is 0 Å². The number of anilines is 1. The number of carboxylic acids is 2. The first-order valence-corrected chi connectivity index (χ1v) is 10.4. The third kappa shape index (κ3) is 9.00. The van der Waals surface area contributed by atoms with Crippen molar-refractivity contribution in [2.75, 3.05) is 58.2 Å². The number of amides is 2. The first-order chi connectivity index (χ1) is 15.2. The van der Waals surface area contributed by atoms with Crippen LogP contribution in [-0.2, 0) is 19.1 Å². The molecule has 1 unspecified atom stereocenters. The van der Waals surface area contributed by atoms with Crippen LogP contribution in [0.3, 0.4) is 0 Å². The molecular weight excluding hydrogens is 420 g/mol. The molecule has 0 bridgehead atoms. The van der Waals surface area contributed by atoms with Gasteiger partial charge in [0.1, 0.15) is 0 Å². The Morgan fingerprint density at radius 3 is 2.19 bits per heavy atom. The highest BCUT2D eigenvalue weighted by atomic mass is 16.5. The zero-order chi connectivity index (χ0) is 23.5. The molecule has 176 valence electrons. The van der Waals surface area contributed by atoms with E-state index in [4.69, 9.17) is 24.5 Å². The molecule has 1 aromatic rings. The summed E-state index contributed by atoms with van der Waals surface area (Å²) in [6.45, 7) is 5.52. The smallest absolute Gasteiger partial charge is 0.414 e. The Bertz CT molecular complexity index is 774. The van der Waals surface area contributed by atoms with Gasteiger partial charge in [0.15, 0.2) is 0 Å². The van der Waals surface area contributed by atoms with Crippen molar-refractivity contribution in [3.8, 4) is 0 Å². The molecule has 32 heavy (non-hydrogen) atoms. The van der Waals surface area contributed by atoms with Crippen molar-refractivity contribution < 1.29 is 34.1 Å². The Morgan fingerprint density at radius 2 is 1.66 bits per heavy atom. The van der Waals surface area contributed by atoms with Gasteiger partial charge in [0.05, 0.1) is 12.6 Å². The van der Waals surface area contributed by atoms with Crippen molar-refractivity contribution in [3.05, 3.63) is 29.8 Å². The van der Waals surface area contributed by atoms with E-state index in [1.54, 1.807) is 24.3 Å². The summed E-state index contributed by atoms with van der Waals surface area (Å²) in [6, 6.07) is 7.00. The molecule has 1 aromatic carbocycles. The topological polar surface area (TPSA) is 149 Å². The summed E-state index contributed by atoms with van der Waals surface area (Å²) in [5.41, 5.74) is 1.29. The van der Waals surface area contributed by atoms with Crippen LogP contribution in [-0.4, -0.2) is 103 Å². The predicted molar refractivity (Wildman–Crippen MR) is 116 cm³/mol. The molecule has 3 rings (SSSR count). The van der Waals surface area contributed by atoms with E-state index in [1.807, 2.05) is 0 Å². The standard InChI is InChI=1S/C19H28N4O3.C2H2O4/c1-22-8-10-23(11-9-22)14-18(24)21-16-6-4-15(5-7-16)19(25)20-13-17-3-2-12-26-17;3-1(4)2(5)6/h4-7,17H,2-3,8-14H2,1H3,(H,20,25)(H,21,24);(H,3,4)(H,5,6). The molecule has 0 radical (unpaired) electrons. The lowest BCUT2D eigenvalue weighted by Gasteiger charge is -2.31. The number of hydrogen-bond donors (Lipinski definition) is 4. The number of rotatable bonds is 6. The normalized spacial score (nSPS) is 18.8. The molecule has 1 atom stereocenters. The van der Waals surface area contributed by atoms with Crippen LogP contribution in [0.2, 0.25) is 0 Å². The van der Waals surface area contributed by atoms with Crippen molar-refractivity contribution in [1.82, 2.24) is 15.1 Å². The molecule has 0 aliphatic carbocycles. The number of benzene rings is 1. The second-order valence-electron chi connectivity index (χ2n) is 7.66. The number of carboxylic acid groups (broad SMARTS) is 2. The van der Waals surface area contributed by atoms with E-state index in [1.165, 1.54) is 0 Å². The summed E-state index contributed by atoms with van der Waals surface area (Å²) in [6.07, 6.45) is 2.19. The van der Waals surface area contributed by atoms with Gasteiger partial charge in [0.25, 0.3) is 5.91 Å². The number of likely N-dealkylation sites (N-methyl/N-ethyl adjacent to an activating group) is 1. The summed E-state index contributed by atoms with van der Waals surface area (Å²) < 4.78 is 5.50. The van der Waals surface area contributed by atoms with E-state index in [0.29, 0.717) is 24.3 Å². The SMILES string of the molecule is CN1CCN(CC(=O)Nc2ccc(C(=O)NCC3CCCO3)cc2)CC1.O=C(O)C(=O)O. The first kappa shape index (κ1) is 25.2. The summed E-state index contributed by atoms with van der Waals surface area (Å²) in [5.74, 6) is -3.79. The van der Waals surface area contributed by atoms with Gasteiger partial charge in [0, 0.05) is 50.6 Å². The van der Waals surface area contributed by atoms with Crippen LogP contribution in [0, 0.1) is 0 Å². The third-order valence-corrected chi connectivity index (χ3v) is 5.09. The Labute approximate surface area is 186 Å². The zero-order valence-electron chi connectivity index (χ0n) is 18.1. The van der Waals surface area contributed by atoms with E-state index in [-0.39, 0.29) is 17.9 Å². The average Bonchev–Trinajstić information content (AvgIpc) is 3.28. The highest BCUT2D eigenvalue weighted by molar-refractivity contribution is 6.27. The lowest BCUT2D eigenvalue weighted by molar-refractivity contribution is -0.159. The number of aliphatic carboxylic acids is 2. The highest BCUT2D eigenvalue weighted by Crippen LogP contribution is 2.12. The molecule has 4 N–H and O–H groups in total. The Hall–Kier alpha value is -3.02. The van der Waals surface area contributed by atoms with E-state index in [2.05, 4.69) is 27.5 Å². The maximum absolute atomic E-state index is 12.2. The molecule has 0 aromatic heterocycles. The summed E-state index contributed by atoms with van der Waals surface area (Å²) in [5, 5.41) is 20.6. The Balaban J connectivity index is 0.000000534. The number of carbonyl (C=O) groups is 4. The van der Waals surface area contributed by atoms with Crippen LogP contribution in [0.25, 0.3) is 0 Å². The summed E-state index contributed by atoms with van der Waals surface area (Å²) in [7, 11) is 2.09. The molecule has 2 aliphatic rings. The van der Waals surface area contributed by atoms with Gasteiger partial charge in [0.2, 0.25) is 5.91 Å². The molecule has 11 heteroatoms. The van der Waals surface area contributed by atoms with Crippen LogP contribution < -0.4 is 10.6 Å². The van der Waals surface area contributed by atoms with Crippen LogP contribution in [0.5, 0.6) is 0 Å². The van der Waals surface area contributed by atoms with Crippen LogP contribution in [0.1, 0.15) is 23.2 Å². The number of nitrogens with one attached hydrogen (secondary N) is 2. The third-order valence-electron chi connectivity index (χ3n) is 5.09. The van der Waals surface area contributed by atoms with Crippen molar-refractivity contribution >= 4 is 29.4 Å². The minimum atomic E-state index is -1.82. The maximum atomic E-state index is 12.2. The fraction of sp³-hybridized carbons (Fsp3) is 0.524. The number of ether oxygens (including phenoxy) is 1. The molecule has 0 spiro atoms. The number of hydrogen-bond acceptors (Lipinski definition) is 7. The van der Waals surface area contributed by atoms with Crippen molar-refractivity contribution in [2.24, 2.45) is 0 Å². The van der Waals surface area contributed by atoms with E-state index in [9.17, 15) is 9.59 Å². The van der Waals surface area contributed by atoms with Crippen LogP contribution in [0.15, 0.2) is 24.3 Å². The lowest BCUT2D eigenvalue weighted by Crippen LogP contribution is -2.47. The molecule has 2 fully saturated rings. The van der Waals surface area contributed by atoms with Crippen LogP contribution >= 0.6 is 0 Å². The van der Waals surface area contributed by atoms with Gasteiger partial charge < -0.3 is 30.5 Å². The highest BCUT2D eigenvalue weighted by Gasteiger charge is 2.18. The molecule has 2 saturated heterocycles. The summed E-state index contributed by atoms with van der Waals surface area (Å²) in [4.78, 5) is 46.9. The Kier molecular flexibility index (Phi) is 10.1. The molecule has 2 amide bonds. The van der Waals surface area contributed by atoms with Crippen molar-refractivity contribution in [3.63, 3.8) is 0 Å². The van der Waals surface area contributed by atoms with Gasteiger partial charge in [-0.25, -0.2) is 9.59 Å². The van der Waals surface area contributed by atoms with E-state index >= 15 is 0 Å². The molecule has 11 nitrogen and oxygen atoms in total. The molecule has 2 aliphatic heterocycles. The van der Waals surface area contributed by atoms with Gasteiger partial charge in [-0.3, -0.25) is 14.5 Å². The fourth-order valence-corrected chi connectivity index (χ4v) is 3.23. The number of carbonyl (C=O) groups excluding carboxylic acids is 2. The molecule has 2 heterocycles. The minimum Gasteiger partial charge on any atom is -0.473 e. The maximum Gasteiger partial charge on any atom is 0.414 e. The van der Waals surface area contributed by atoms with Gasteiger partial charge >= 0.3 is 11.9 Å². The zero-order valence-corrected chi connectivity index (χ0v) is 18.1. The van der Waals surface area contributed by atoms with E-state index in [0.717, 1.165) is 45.6 Å². The van der Waals surface area contributed by atoms with Gasteiger partial charge in [-0.05, 0) is 44.2 Å². The largest absolute Gasteiger partial charge is 0.473 e. The second-order valence-corrected chi connectivity index (χ2v) is 7.66. The van der Waals surface area contributed by atoms with Gasteiger partial charge in [-0.15, -0.1) is 0 Å². The van der Waals surface area contributed by atoms with Crippen molar-refractivity contribution in [2.45, 2.75) is 18.9 Å².